The number of hydrogen-bond acceptors (Lipinski definition) is 6. The van der Waals surface area contributed by atoms with Crippen molar-refractivity contribution in [2.24, 2.45) is 0 Å². The number of hydrogen-bond donors (Lipinski definition) is 1. The van der Waals surface area contributed by atoms with E-state index in [1.807, 2.05) is 36.4 Å². The Hall–Kier alpha value is -2.32. The molecule has 1 aliphatic rings. The van der Waals surface area contributed by atoms with Gasteiger partial charge in [0, 0.05) is 30.2 Å². The van der Waals surface area contributed by atoms with Gasteiger partial charge in [-0.15, -0.1) is 10.2 Å². The lowest BCUT2D eigenvalue weighted by atomic mass is 10.2. The molecular weight excluding hydrogens is 396 g/mol. The maximum absolute atomic E-state index is 12.6. The van der Waals surface area contributed by atoms with Crippen LogP contribution in [0.5, 0.6) is 0 Å². The van der Waals surface area contributed by atoms with Crippen molar-refractivity contribution >= 4 is 34.0 Å². The van der Waals surface area contributed by atoms with Crippen LogP contribution >= 0.6 is 22.9 Å². The van der Waals surface area contributed by atoms with Crippen LogP contribution in [0, 0.1) is 0 Å². The molecule has 2 aromatic carbocycles. The van der Waals surface area contributed by atoms with Gasteiger partial charge in [-0.1, -0.05) is 65.4 Å². The molecule has 1 N–H and O–H groups in total. The van der Waals surface area contributed by atoms with E-state index >= 15 is 0 Å². The molecule has 2 heterocycles. The molecule has 1 aromatic heterocycles. The van der Waals surface area contributed by atoms with Crippen LogP contribution in [0.4, 0.5) is 5.13 Å². The zero-order chi connectivity index (χ0) is 19.3. The molecule has 0 aliphatic carbocycles. The molecular formula is C20H19ClN4O2S. The van der Waals surface area contributed by atoms with E-state index in [0.29, 0.717) is 28.3 Å². The first-order valence-electron chi connectivity index (χ1n) is 8.95. The maximum atomic E-state index is 12.6. The molecule has 6 nitrogen and oxygen atoms in total. The van der Waals surface area contributed by atoms with Gasteiger partial charge in [-0.3, -0.25) is 15.0 Å². The number of carbonyl (C=O) groups is 1. The number of amides is 1. The summed E-state index contributed by atoms with van der Waals surface area (Å²) in [6, 6.07) is 17.6. The highest BCUT2D eigenvalue weighted by atomic mass is 35.5. The summed E-state index contributed by atoms with van der Waals surface area (Å²) >= 11 is 7.33. The Morgan fingerprint density at radius 1 is 1.21 bits per heavy atom. The second-order valence-electron chi connectivity index (χ2n) is 6.49. The number of anilines is 1. The van der Waals surface area contributed by atoms with E-state index < -0.39 is 6.10 Å². The molecule has 4 rings (SSSR count). The van der Waals surface area contributed by atoms with Gasteiger partial charge in [-0.05, 0) is 17.7 Å². The summed E-state index contributed by atoms with van der Waals surface area (Å²) in [4.78, 5) is 14.8. The van der Waals surface area contributed by atoms with Crippen molar-refractivity contribution < 1.29 is 9.53 Å². The SMILES string of the molecule is O=C(Nc1nnc(-c2cccc(Cl)c2)s1)C1CN(Cc2ccccc2)CCO1. The van der Waals surface area contributed by atoms with E-state index in [9.17, 15) is 4.79 Å². The number of halogens is 1. The first-order valence-corrected chi connectivity index (χ1v) is 10.1. The van der Waals surface area contributed by atoms with Gasteiger partial charge in [-0.25, -0.2) is 0 Å². The third-order valence-electron chi connectivity index (χ3n) is 4.42. The predicted octanol–water partition coefficient (Wildman–Crippen LogP) is 3.70. The molecule has 1 aliphatic heterocycles. The normalized spacial score (nSPS) is 17.4. The number of carbonyl (C=O) groups excluding carboxylic acids is 1. The second kappa shape index (κ2) is 8.79. The summed E-state index contributed by atoms with van der Waals surface area (Å²) in [7, 11) is 0. The zero-order valence-electron chi connectivity index (χ0n) is 15.0. The fourth-order valence-corrected chi connectivity index (χ4v) is 3.98. The lowest BCUT2D eigenvalue weighted by molar-refractivity contribution is -0.133. The van der Waals surface area contributed by atoms with E-state index in [-0.39, 0.29) is 5.91 Å². The minimum absolute atomic E-state index is 0.202. The fraction of sp³-hybridized carbons (Fsp3) is 0.250. The predicted molar refractivity (Wildman–Crippen MR) is 110 cm³/mol. The standard InChI is InChI=1S/C20H19ClN4O2S/c21-16-8-4-7-15(11-16)19-23-24-20(28-19)22-18(26)17-13-25(9-10-27-17)12-14-5-2-1-3-6-14/h1-8,11,17H,9-10,12-13H2,(H,22,24,26). The van der Waals surface area contributed by atoms with Crippen LogP contribution in [-0.4, -0.2) is 46.8 Å². The summed E-state index contributed by atoms with van der Waals surface area (Å²) < 4.78 is 5.67. The molecule has 0 radical (unpaired) electrons. The van der Waals surface area contributed by atoms with Gasteiger partial charge in [-0.2, -0.15) is 0 Å². The largest absolute Gasteiger partial charge is 0.366 e. The van der Waals surface area contributed by atoms with Crippen LogP contribution in [0.15, 0.2) is 54.6 Å². The van der Waals surface area contributed by atoms with E-state index in [2.05, 4.69) is 32.5 Å². The molecule has 28 heavy (non-hydrogen) atoms. The van der Waals surface area contributed by atoms with Gasteiger partial charge in [0.05, 0.1) is 6.61 Å². The molecule has 1 unspecified atom stereocenters. The number of nitrogens with one attached hydrogen (secondary N) is 1. The Kier molecular flexibility index (Phi) is 5.97. The van der Waals surface area contributed by atoms with Crippen molar-refractivity contribution in [3.8, 4) is 10.6 Å². The maximum Gasteiger partial charge on any atom is 0.256 e. The third-order valence-corrected chi connectivity index (χ3v) is 5.54. The molecule has 3 aromatic rings. The van der Waals surface area contributed by atoms with Crippen LogP contribution in [-0.2, 0) is 16.1 Å². The van der Waals surface area contributed by atoms with Crippen LogP contribution in [0.1, 0.15) is 5.56 Å². The van der Waals surface area contributed by atoms with Crippen molar-refractivity contribution in [1.82, 2.24) is 15.1 Å². The first-order chi connectivity index (χ1) is 13.7. The van der Waals surface area contributed by atoms with Gasteiger partial charge >= 0.3 is 0 Å². The Balaban J connectivity index is 1.37. The van der Waals surface area contributed by atoms with Crippen LogP contribution in [0.25, 0.3) is 10.6 Å². The number of ether oxygens (including phenoxy) is 1. The Bertz CT molecular complexity index is 950. The average Bonchev–Trinajstić information content (AvgIpc) is 3.17. The molecule has 1 amide bonds. The second-order valence-corrected chi connectivity index (χ2v) is 7.91. The molecule has 1 atom stereocenters. The highest BCUT2D eigenvalue weighted by Gasteiger charge is 2.27. The van der Waals surface area contributed by atoms with E-state index in [1.54, 1.807) is 6.07 Å². The van der Waals surface area contributed by atoms with E-state index in [0.717, 1.165) is 18.7 Å². The minimum atomic E-state index is -0.531. The minimum Gasteiger partial charge on any atom is -0.366 e. The van der Waals surface area contributed by atoms with Crippen molar-refractivity contribution in [2.45, 2.75) is 12.6 Å². The quantitative estimate of drug-likeness (QED) is 0.689. The van der Waals surface area contributed by atoms with Crippen molar-refractivity contribution in [3.05, 3.63) is 65.2 Å². The van der Waals surface area contributed by atoms with Gasteiger partial charge in [0.1, 0.15) is 11.1 Å². The smallest absolute Gasteiger partial charge is 0.256 e. The lowest BCUT2D eigenvalue weighted by Gasteiger charge is -2.31. The molecule has 0 spiro atoms. The number of aromatic nitrogens is 2. The summed E-state index contributed by atoms with van der Waals surface area (Å²) in [5.41, 5.74) is 2.09. The molecule has 1 saturated heterocycles. The van der Waals surface area contributed by atoms with Gasteiger partial charge < -0.3 is 4.74 Å². The van der Waals surface area contributed by atoms with Crippen LogP contribution in [0.3, 0.4) is 0 Å². The topological polar surface area (TPSA) is 67.4 Å². The zero-order valence-corrected chi connectivity index (χ0v) is 16.6. The Morgan fingerprint density at radius 2 is 2.07 bits per heavy atom. The summed E-state index contributed by atoms with van der Waals surface area (Å²) in [5, 5.41) is 12.8. The van der Waals surface area contributed by atoms with Gasteiger partial charge in [0.15, 0.2) is 0 Å². The highest BCUT2D eigenvalue weighted by molar-refractivity contribution is 7.18. The molecule has 0 bridgehead atoms. The van der Waals surface area contributed by atoms with E-state index in [4.69, 9.17) is 16.3 Å². The molecule has 8 heteroatoms. The third kappa shape index (κ3) is 4.74. The Labute approximate surface area is 172 Å². The van der Waals surface area contributed by atoms with Crippen molar-refractivity contribution in [1.29, 1.82) is 0 Å². The molecule has 1 fully saturated rings. The van der Waals surface area contributed by atoms with Gasteiger partial charge in [0.25, 0.3) is 5.91 Å². The monoisotopic (exact) mass is 414 g/mol. The number of morpholine rings is 1. The molecule has 144 valence electrons. The number of rotatable bonds is 5. The van der Waals surface area contributed by atoms with Crippen LogP contribution < -0.4 is 5.32 Å². The Morgan fingerprint density at radius 3 is 2.89 bits per heavy atom. The van der Waals surface area contributed by atoms with Crippen LogP contribution in [0.2, 0.25) is 5.02 Å². The summed E-state index contributed by atoms with van der Waals surface area (Å²) in [6.07, 6.45) is -0.531. The number of benzene rings is 2. The lowest BCUT2D eigenvalue weighted by Crippen LogP contribution is -2.47. The fourth-order valence-electron chi connectivity index (χ4n) is 3.04. The first kappa shape index (κ1) is 19.0. The van der Waals surface area contributed by atoms with Gasteiger partial charge in [0.2, 0.25) is 5.13 Å². The van der Waals surface area contributed by atoms with Crippen molar-refractivity contribution in [3.63, 3.8) is 0 Å². The van der Waals surface area contributed by atoms with E-state index in [1.165, 1.54) is 16.9 Å². The summed E-state index contributed by atoms with van der Waals surface area (Å²) in [5.74, 6) is -0.202. The van der Waals surface area contributed by atoms with Crippen molar-refractivity contribution in [2.75, 3.05) is 25.0 Å². The molecule has 0 saturated carbocycles. The highest BCUT2D eigenvalue weighted by Crippen LogP contribution is 2.28. The summed E-state index contributed by atoms with van der Waals surface area (Å²) in [6.45, 7) is 2.66. The number of nitrogens with zero attached hydrogens (tertiary/aromatic N) is 3. The average molecular weight is 415 g/mol.